The van der Waals surface area contributed by atoms with Crippen molar-refractivity contribution in [3.8, 4) is 0 Å². The second kappa shape index (κ2) is 5.63. The fourth-order valence-electron chi connectivity index (χ4n) is 2.29. The van der Waals surface area contributed by atoms with Crippen LogP contribution in [-0.4, -0.2) is 22.1 Å². The van der Waals surface area contributed by atoms with Crippen LogP contribution in [0.2, 0.25) is 0 Å². The van der Waals surface area contributed by atoms with Crippen LogP contribution in [0.15, 0.2) is 35.2 Å². The summed E-state index contributed by atoms with van der Waals surface area (Å²) >= 11 is 0. The molecule has 1 saturated carbocycles. The van der Waals surface area contributed by atoms with E-state index in [4.69, 9.17) is 10.2 Å². The molecule has 20 heavy (non-hydrogen) atoms. The zero-order valence-electron chi connectivity index (χ0n) is 11.7. The van der Waals surface area contributed by atoms with Crippen LogP contribution in [0, 0.1) is 0 Å². The van der Waals surface area contributed by atoms with Crippen molar-refractivity contribution < 1.29 is 4.42 Å². The molecule has 0 bridgehead atoms. The Balaban J connectivity index is 1.74. The Bertz CT molecular complexity index is 532. The summed E-state index contributed by atoms with van der Waals surface area (Å²) in [6.45, 7) is 2.71. The lowest BCUT2D eigenvalue weighted by atomic mass is 10.1. The van der Waals surface area contributed by atoms with Crippen LogP contribution in [0.4, 0.5) is 5.95 Å². The molecule has 2 aromatic heterocycles. The number of nitrogens with zero attached hydrogens (tertiary/aromatic N) is 3. The predicted octanol–water partition coefficient (Wildman–Crippen LogP) is 2.13. The summed E-state index contributed by atoms with van der Waals surface area (Å²) < 4.78 is 5.43. The third-order valence-electron chi connectivity index (χ3n) is 3.40. The van der Waals surface area contributed by atoms with Crippen LogP contribution in [0.5, 0.6) is 0 Å². The molecule has 2 N–H and O–H groups in total. The van der Waals surface area contributed by atoms with Crippen LogP contribution in [-0.2, 0) is 13.0 Å². The molecule has 0 amide bonds. The normalized spacial score (nSPS) is 16.1. The van der Waals surface area contributed by atoms with Gasteiger partial charge in [0.1, 0.15) is 5.76 Å². The highest BCUT2D eigenvalue weighted by Crippen LogP contribution is 2.31. The van der Waals surface area contributed by atoms with Gasteiger partial charge in [0.25, 0.3) is 0 Å². The Morgan fingerprint density at radius 2 is 2.15 bits per heavy atom. The number of anilines is 1. The highest BCUT2D eigenvalue weighted by atomic mass is 16.3. The van der Waals surface area contributed by atoms with Crippen molar-refractivity contribution in [2.75, 3.05) is 4.90 Å². The maximum Gasteiger partial charge on any atom is 0.225 e. The maximum absolute atomic E-state index is 5.79. The van der Waals surface area contributed by atoms with E-state index in [1.54, 1.807) is 6.26 Å². The predicted molar refractivity (Wildman–Crippen MR) is 77.3 cm³/mol. The van der Waals surface area contributed by atoms with E-state index in [1.807, 2.05) is 31.5 Å². The molecule has 1 fully saturated rings. The van der Waals surface area contributed by atoms with Crippen LogP contribution in [0.1, 0.15) is 31.1 Å². The molecule has 0 aliphatic heterocycles. The van der Waals surface area contributed by atoms with Crippen molar-refractivity contribution >= 4 is 5.95 Å². The Hall–Kier alpha value is -1.88. The Labute approximate surface area is 118 Å². The van der Waals surface area contributed by atoms with Crippen molar-refractivity contribution in [1.29, 1.82) is 0 Å². The fraction of sp³-hybridized carbons (Fsp3) is 0.467. The summed E-state index contributed by atoms with van der Waals surface area (Å²) in [4.78, 5) is 11.2. The first-order chi connectivity index (χ1) is 9.72. The minimum absolute atomic E-state index is 0.132. The van der Waals surface area contributed by atoms with Crippen LogP contribution >= 0.6 is 0 Å². The van der Waals surface area contributed by atoms with Gasteiger partial charge in [0, 0.05) is 24.5 Å². The van der Waals surface area contributed by atoms with Gasteiger partial charge < -0.3 is 15.1 Å². The van der Waals surface area contributed by atoms with E-state index in [2.05, 4.69) is 14.9 Å². The molecule has 2 heterocycles. The second-order valence-corrected chi connectivity index (χ2v) is 5.51. The maximum atomic E-state index is 5.79. The number of hydrogen-bond acceptors (Lipinski definition) is 5. The lowest BCUT2D eigenvalue weighted by molar-refractivity contribution is 0.499. The van der Waals surface area contributed by atoms with Crippen molar-refractivity contribution in [1.82, 2.24) is 9.97 Å². The number of furan rings is 1. The summed E-state index contributed by atoms with van der Waals surface area (Å²) in [7, 11) is 0. The molecule has 1 aliphatic rings. The molecule has 2 aromatic rings. The zero-order valence-corrected chi connectivity index (χ0v) is 11.7. The fourth-order valence-corrected chi connectivity index (χ4v) is 2.29. The quantitative estimate of drug-likeness (QED) is 0.872. The molecule has 1 atom stereocenters. The molecule has 0 saturated heterocycles. The largest absolute Gasteiger partial charge is 0.467 e. The van der Waals surface area contributed by atoms with Gasteiger partial charge in [0.15, 0.2) is 0 Å². The number of nitrogens with two attached hydrogens (primary N) is 1. The minimum atomic E-state index is 0.132. The van der Waals surface area contributed by atoms with E-state index in [-0.39, 0.29) is 6.04 Å². The zero-order chi connectivity index (χ0) is 13.9. The van der Waals surface area contributed by atoms with E-state index < -0.39 is 0 Å². The summed E-state index contributed by atoms with van der Waals surface area (Å²) in [5.74, 6) is 1.72. The highest BCUT2D eigenvalue weighted by Gasteiger charge is 2.31. The number of hydrogen-bond donors (Lipinski definition) is 1. The van der Waals surface area contributed by atoms with E-state index >= 15 is 0 Å². The van der Waals surface area contributed by atoms with E-state index in [0.29, 0.717) is 6.04 Å². The minimum Gasteiger partial charge on any atom is -0.467 e. The first-order valence-corrected chi connectivity index (χ1v) is 7.08. The van der Waals surface area contributed by atoms with Crippen LogP contribution < -0.4 is 10.6 Å². The standard InChI is InChI=1S/C15H20N4O/c1-11(16)7-12-8-17-15(18-9-12)19(13-4-5-13)10-14-3-2-6-20-14/h2-3,6,8-9,11,13H,4-5,7,10,16H2,1H3. The second-order valence-electron chi connectivity index (χ2n) is 5.51. The molecular formula is C15H20N4O. The SMILES string of the molecule is CC(N)Cc1cnc(N(Cc2ccco2)C2CC2)nc1. The van der Waals surface area contributed by atoms with E-state index in [9.17, 15) is 0 Å². The molecule has 0 aromatic carbocycles. The molecule has 1 aliphatic carbocycles. The van der Waals surface area contributed by atoms with Gasteiger partial charge in [0.2, 0.25) is 5.95 Å². The summed E-state index contributed by atoms with van der Waals surface area (Å²) in [6, 6.07) is 4.57. The highest BCUT2D eigenvalue weighted by molar-refractivity contribution is 5.35. The monoisotopic (exact) mass is 272 g/mol. The van der Waals surface area contributed by atoms with Crippen molar-refractivity contribution in [3.63, 3.8) is 0 Å². The van der Waals surface area contributed by atoms with Gasteiger partial charge in [0.05, 0.1) is 12.8 Å². The van der Waals surface area contributed by atoms with Gasteiger partial charge in [-0.1, -0.05) is 0 Å². The van der Waals surface area contributed by atoms with Crippen LogP contribution in [0.3, 0.4) is 0 Å². The van der Waals surface area contributed by atoms with Gasteiger partial charge in [-0.2, -0.15) is 0 Å². The molecule has 0 spiro atoms. The average Bonchev–Trinajstić information content (AvgIpc) is 3.14. The third-order valence-corrected chi connectivity index (χ3v) is 3.40. The first-order valence-electron chi connectivity index (χ1n) is 7.08. The Morgan fingerprint density at radius 1 is 1.40 bits per heavy atom. The van der Waals surface area contributed by atoms with Gasteiger partial charge in [-0.05, 0) is 43.9 Å². The Morgan fingerprint density at radius 3 is 2.70 bits per heavy atom. The topological polar surface area (TPSA) is 68.2 Å². The van der Waals surface area contributed by atoms with E-state index in [0.717, 1.165) is 30.2 Å². The summed E-state index contributed by atoms with van der Waals surface area (Å²) in [5.41, 5.74) is 6.87. The molecule has 5 nitrogen and oxygen atoms in total. The average molecular weight is 272 g/mol. The molecule has 106 valence electrons. The molecule has 5 heteroatoms. The smallest absolute Gasteiger partial charge is 0.225 e. The summed E-state index contributed by atoms with van der Waals surface area (Å²) in [5, 5.41) is 0. The van der Waals surface area contributed by atoms with Gasteiger partial charge >= 0.3 is 0 Å². The lowest BCUT2D eigenvalue weighted by Crippen LogP contribution is -2.27. The van der Waals surface area contributed by atoms with E-state index in [1.165, 1.54) is 12.8 Å². The molecule has 3 rings (SSSR count). The van der Waals surface area contributed by atoms with Gasteiger partial charge in [-0.3, -0.25) is 0 Å². The molecule has 0 radical (unpaired) electrons. The van der Waals surface area contributed by atoms with Crippen molar-refractivity contribution in [2.24, 2.45) is 5.73 Å². The first kappa shape index (κ1) is 13.1. The van der Waals surface area contributed by atoms with Crippen LogP contribution in [0.25, 0.3) is 0 Å². The molecule has 1 unspecified atom stereocenters. The molecular weight excluding hydrogens is 252 g/mol. The van der Waals surface area contributed by atoms with Gasteiger partial charge in [-0.15, -0.1) is 0 Å². The number of rotatable bonds is 6. The third kappa shape index (κ3) is 3.17. The number of aromatic nitrogens is 2. The summed E-state index contributed by atoms with van der Waals surface area (Å²) in [6.07, 6.45) is 8.67. The lowest BCUT2D eigenvalue weighted by Gasteiger charge is -2.21. The van der Waals surface area contributed by atoms with Crippen molar-refractivity contribution in [3.05, 3.63) is 42.1 Å². The Kier molecular flexibility index (Phi) is 3.69. The van der Waals surface area contributed by atoms with Gasteiger partial charge in [-0.25, -0.2) is 9.97 Å². The van der Waals surface area contributed by atoms with Crippen molar-refractivity contribution in [2.45, 2.75) is 44.8 Å².